The number of nitrogens with zero attached hydrogens (tertiary/aromatic N) is 3. The number of carbonyl (C=O) groups excluding carboxylic acids is 1. The van der Waals surface area contributed by atoms with Crippen LogP contribution in [0.1, 0.15) is 19.8 Å². The Balaban J connectivity index is 2.04. The number of carbonyl (C=O) groups is 1. The van der Waals surface area contributed by atoms with Crippen LogP contribution in [0.4, 0.5) is 10.6 Å². The monoisotopic (exact) mass is 288 g/mol. The van der Waals surface area contributed by atoms with Gasteiger partial charge in [0.2, 0.25) is 0 Å². The van der Waals surface area contributed by atoms with Gasteiger partial charge in [-0.1, -0.05) is 13.3 Å². The van der Waals surface area contributed by atoms with Gasteiger partial charge < -0.3 is 9.94 Å². The van der Waals surface area contributed by atoms with Gasteiger partial charge in [0.25, 0.3) is 0 Å². The first kappa shape index (κ1) is 14.7. The molecule has 0 aliphatic carbocycles. The van der Waals surface area contributed by atoms with E-state index < -0.39 is 6.09 Å². The van der Waals surface area contributed by atoms with Gasteiger partial charge in [-0.05, 0) is 12.5 Å². The Kier molecular flexibility index (Phi) is 5.03. The van der Waals surface area contributed by atoms with Crippen molar-refractivity contribution in [2.45, 2.75) is 19.8 Å². The maximum Gasteiger partial charge on any atom is 0.412 e. The molecule has 2 rings (SSSR count). The summed E-state index contributed by atoms with van der Waals surface area (Å²) in [5, 5.41) is 13.5. The van der Waals surface area contributed by atoms with Crippen LogP contribution in [0.2, 0.25) is 0 Å². The van der Waals surface area contributed by atoms with Crippen molar-refractivity contribution in [3.05, 3.63) is 42.0 Å². The first-order valence-electron chi connectivity index (χ1n) is 6.65. The summed E-state index contributed by atoms with van der Waals surface area (Å²) >= 11 is 0. The van der Waals surface area contributed by atoms with Gasteiger partial charge in [0.15, 0.2) is 18.2 Å². The predicted molar refractivity (Wildman–Crippen MR) is 76.3 cm³/mol. The third kappa shape index (κ3) is 4.41. The molecule has 2 heterocycles. The third-order valence-electron chi connectivity index (χ3n) is 2.68. The molecule has 21 heavy (non-hydrogen) atoms. The summed E-state index contributed by atoms with van der Waals surface area (Å²) in [7, 11) is 0. The molecular weight excluding hydrogens is 272 g/mol. The van der Waals surface area contributed by atoms with E-state index in [0.717, 1.165) is 12.8 Å². The number of nitrogens with one attached hydrogen (secondary N) is 1. The number of pyridine rings is 1. The molecule has 0 bridgehead atoms. The van der Waals surface area contributed by atoms with E-state index in [1.165, 1.54) is 18.6 Å². The van der Waals surface area contributed by atoms with Gasteiger partial charge in [-0.25, -0.2) is 14.8 Å². The molecule has 2 aromatic heterocycles. The Labute approximate surface area is 122 Å². The summed E-state index contributed by atoms with van der Waals surface area (Å²) < 4.78 is 5.67. The molecule has 0 saturated heterocycles. The van der Waals surface area contributed by atoms with Crippen LogP contribution in [0.25, 0.3) is 11.4 Å². The molecule has 0 aliphatic rings. The molecule has 0 saturated carbocycles. The second-order valence-electron chi connectivity index (χ2n) is 4.33. The molecule has 0 atom stereocenters. The first-order valence-corrected chi connectivity index (χ1v) is 6.65. The molecule has 0 aromatic carbocycles. The minimum atomic E-state index is -0.543. The number of hydrogen-bond donors (Lipinski definition) is 1. The smallest absolute Gasteiger partial charge is 0.412 e. The Morgan fingerprint density at radius 1 is 1.38 bits per heavy atom. The molecular formula is C14H16N4O3. The highest BCUT2D eigenvalue weighted by molar-refractivity contribution is 5.83. The second kappa shape index (κ2) is 7.18. The van der Waals surface area contributed by atoms with Crippen molar-refractivity contribution in [3.63, 3.8) is 0 Å². The summed E-state index contributed by atoms with van der Waals surface area (Å²) in [6, 6.07) is 4.78. The number of aromatic nitrogens is 3. The van der Waals surface area contributed by atoms with Crippen molar-refractivity contribution in [3.8, 4) is 11.4 Å². The van der Waals surface area contributed by atoms with Crippen LogP contribution in [-0.2, 0) is 4.74 Å². The average molecular weight is 288 g/mol. The fraction of sp³-hybridized carbons (Fsp3) is 0.286. The molecule has 2 aromatic rings. The summed E-state index contributed by atoms with van der Waals surface area (Å²) in [6.45, 7) is 2.39. The van der Waals surface area contributed by atoms with E-state index in [-0.39, 0.29) is 0 Å². The number of amides is 1. The normalized spacial score (nSPS) is 10.1. The highest BCUT2D eigenvalue weighted by atomic mass is 16.5. The van der Waals surface area contributed by atoms with Crippen molar-refractivity contribution >= 4 is 11.9 Å². The maximum absolute atomic E-state index is 11.5. The first-order chi connectivity index (χ1) is 10.2. The molecule has 0 spiro atoms. The fourth-order valence-corrected chi connectivity index (χ4v) is 1.58. The Morgan fingerprint density at radius 2 is 2.14 bits per heavy atom. The molecule has 7 nitrogen and oxygen atoms in total. The van der Waals surface area contributed by atoms with E-state index in [9.17, 15) is 10.0 Å². The quantitative estimate of drug-likeness (QED) is 0.517. The van der Waals surface area contributed by atoms with Gasteiger partial charge >= 0.3 is 6.09 Å². The van der Waals surface area contributed by atoms with Gasteiger partial charge in [0.1, 0.15) is 5.82 Å². The Bertz CT molecular complexity index is 601. The Hall–Kier alpha value is -2.70. The zero-order valence-corrected chi connectivity index (χ0v) is 11.7. The van der Waals surface area contributed by atoms with Crippen LogP contribution >= 0.6 is 0 Å². The maximum atomic E-state index is 11.5. The summed E-state index contributed by atoms with van der Waals surface area (Å²) in [4.78, 5) is 19.9. The summed E-state index contributed by atoms with van der Waals surface area (Å²) in [5.41, 5.74) is 0.685. The molecule has 1 amide bonds. The van der Waals surface area contributed by atoms with Crippen molar-refractivity contribution in [2.75, 3.05) is 11.9 Å². The highest BCUT2D eigenvalue weighted by Gasteiger charge is 2.07. The van der Waals surface area contributed by atoms with Gasteiger partial charge in [-0.3, -0.25) is 5.32 Å². The minimum Gasteiger partial charge on any atom is -0.619 e. The van der Waals surface area contributed by atoms with Gasteiger partial charge in [0, 0.05) is 23.9 Å². The standard InChI is InChI=1S/C14H16N4O3/c1-2-3-10-21-14(19)17-12-4-7-15-13(16-12)11-5-8-18(20)9-6-11/h4-9H,2-3,10H2,1H3,(H,15,16,17,19). The number of hydrogen-bond acceptors (Lipinski definition) is 5. The highest BCUT2D eigenvalue weighted by Crippen LogP contribution is 2.14. The lowest BCUT2D eigenvalue weighted by atomic mass is 10.2. The van der Waals surface area contributed by atoms with Crippen molar-refractivity contribution in [2.24, 2.45) is 0 Å². The van der Waals surface area contributed by atoms with Crippen LogP contribution < -0.4 is 10.0 Å². The number of unbranched alkanes of at least 4 members (excludes halogenated alkanes) is 1. The second-order valence-corrected chi connectivity index (χ2v) is 4.33. The van der Waals surface area contributed by atoms with E-state index >= 15 is 0 Å². The lowest BCUT2D eigenvalue weighted by molar-refractivity contribution is -0.605. The summed E-state index contributed by atoms with van der Waals surface area (Å²) in [5.74, 6) is 0.766. The molecule has 0 radical (unpaired) electrons. The van der Waals surface area contributed by atoms with Gasteiger partial charge in [-0.15, -0.1) is 0 Å². The number of anilines is 1. The van der Waals surface area contributed by atoms with Crippen molar-refractivity contribution in [1.82, 2.24) is 9.97 Å². The molecule has 0 aliphatic heterocycles. The lowest BCUT2D eigenvalue weighted by Gasteiger charge is -2.06. The average Bonchev–Trinajstić information content (AvgIpc) is 2.48. The SMILES string of the molecule is CCCCOC(=O)Nc1ccnc(-c2cc[n+]([O-])cc2)n1. The summed E-state index contributed by atoms with van der Waals surface area (Å²) in [6.07, 6.45) is 5.48. The fourth-order valence-electron chi connectivity index (χ4n) is 1.58. The van der Waals surface area contributed by atoms with Crippen LogP contribution in [0.15, 0.2) is 36.8 Å². The van der Waals surface area contributed by atoms with Crippen LogP contribution in [0.5, 0.6) is 0 Å². The molecule has 0 unspecified atom stereocenters. The van der Waals surface area contributed by atoms with E-state index in [1.807, 2.05) is 6.92 Å². The number of rotatable bonds is 5. The minimum absolute atomic E-state index is 0.348. The van der Waals surface area contributed by atoms with Crippen LogP contribution in [-0.4, -0.2) is 22.7 Å². The Morgan fingerprint density at radius 3 is 2.86 bits per heavy atom. The molecule has 1 N–H and O–H groups in total. The van der Waals surface area contributed by atoms with E-state index in [0.29, 0.717) is 28.5 Å². The molecule has 7 heteroatoms. The number of ether oxygens (including phenoxy) is 1. The lowest BCUT2D eigenvalue weighted by Crippen LogP contribution is -2.23. The van der Waals surface area contributed by atoms with Gasteiger partial charge in [-0.2, -0.15) is 4.73 Å². The van der Waals surface area contributed by atoms with Crippen LogP contribution in [0.3, 0.4) is 0 Å². The molecule has 110 valence electrons. The zero-order chi connectivity index (χ0) is 15.1. The van der Waals surface area contributed by atoms with E-state index in [4.69, 9.17) is 4.74 Å². The van der Waals surface area contributed by atoms with Gasteiger partial charge in [0.05, 0.1) is 6.61 Å². The van der Waals surface area contributed by atoms with Crippen LogP contribution in [0, 0.1) is 5.21 Å². The van der Waals surface area contributed by atoms with Crippen molar-refractivity contribution in [1.29, 1.82) is 0 Å². The van der Waals surface area contributed by atoms with E-state index in [2.05, 4.69) is 15.3 Å². The zero-order valence-electron chi connectivity index (χ0n) is 11.7. The predicted octanol–water partition coefficient (Wildman–Crippen LogP) is 2.13. The topological polar surface area (TPSA) is 91.0 Å². The third-order valence-corrected chi connectivity index (χ3v) is 2.68. The molecule has 0 fully saturated rings. The van der Waals surface area contributed by atoms with Crippen molar-refractivity contribution < 1.29 is 14.3 Å². The van der Waals surface area contributed by atoms with E-state index in [1.54, 1.807) is 18.2 Å². The largest absolute Gasteiger partial charge is 0.619 e.